The predicted octanol–water partition coefficient (Wildman–Crippen LogP) is 4.76. The van der Waals surface area contributed by atoms with Crippen molar-refractivity contribution in [3.63, 3.8) is 0 Å². The number of rotatable bonds is 1. The zero-order valence-corrected chi connectivity index (χ0v) is 15.5. The number of carbonyl (C=O) groups is 1. The Kier molecular flexibility index (Phi) is 2.65. The molecule has 0 amide bonds. The van der Waals surface area contributed by atoms with E-state index in [0.717, 1.165) is 48.3 Å². The van der Waals surface area contributed by atoms with Gasteiger partial charge in [-0.2, -0.15) is 5.26 Å². The van der Waals surface area contributed by atoms with E-state index in [1.165, 1.54) is 32.1 Å². The number of allylic oxidation sites excluding steroid dienone is 1. The van der Waals surface area contributed by atoms with Crippen LogP contribution >= 0.6 is 0 Å². The Hall–Kier alpha value is -1.10. The smallest absolute Gasteiger partial charge is 0.155 e. The Bertz CT molecular complexity index is 746. The first-order valence-corrected chi connectivity index (χ1v) is 10.7. The van der Waals surface area contributed by atoms with Gasteiger partial charge in [0.2, 0.25) is 0 Å². The normalized spacial score (nSPS) is 60.2. The van der Waals surface area contributed by atoms with Gasteiger partial charge in [-0.15, -0.1) is 0 Å². The molecule has 4 unspecified atom stereocenters. The molecule has 2 heteroatoms. The van der Waals surface area contributed by atoms with Gasteiger partial charge in [0.05, 0.1) is 11.5 Å². The maximum Gasteiger partial charge on any atom is 0.155 e. The van der Waals surface area contributed by atoms with Gasteiger partial charge in [-0.05, 0) is 104 Å². The van der Waals surface area contributed by atoms with Crippen LogP contribution in [0.5, 0.6) is 0 Å². The van der Waals surface area contributed by atoms with Crippen LogP contribution in [0.1, 0.15) is 58.8 Å². The van der Waals surface area contributed by atoms with E-state index >= 15 is 0 Å². The van der Waals surface area contributed by atoms with E-state index in [1.807, 2.05) is 0 Å². The summed E-state index contributed by atoms with van der Waals surface area (Å²) in [5.41, 5.74) is 1.76. The fourth-order valence-corrected chi connectivity index (χ4v) is 9.09. The van der Waals surface area contributed by atoms with Gasteiger partial charge < -0.3 is 0 Å². The van der Waals surface area contributed by atoms with Crippen molar-refractivity contribution in [2.75, 3.05) is 0 Å². The van der Waals surface area contributed by atoms with Crippen molar-refractivity contribution in [3.8, 4) is 6.07 Å². The highest BCUT2D eigenvalue weighted by Gasteiger charge is 2.77. The first-order valence-electron chi connectivity index (χ1n) is 10.7. The molecule has 6 rings (SSSR count). The third-order valence-corrected chi connectivity index (χ3v) is 10.1. The lowest BCUT2D eigenvalue weighted by Gasteiger charge is -2.57. The number of ketones is 1. The van der Waals surface area contributed by atoms with E-state index < -0.39 is 0 Å². The van der Waals surface area contributed by atoms with Crippen molar-refractivity contribution in [3.05, 3.63) is 11.6 Å². The summed E-state index contributed by atoms with van der Waals surface area (Å²) in [5.74, 6) is 6.67. The second kappa shape index (κ2) is 4.41. The number of fused-ring (bicyclic) bond motifs is 10. The number of carbonyl (C=O) groups excluding carboxylic acids is 1. The minimum atomic E-state index is -0.0783. The topological polar surface area (TPSA) is 40.9 Å². The summed E-state index contributed by atoms with van der Waals surface area (Å²) in [6, 6.07) is 2.85. The summed E-state index contributed by atoms with van der Waals surface area (Å²) in [6.07, 6.45) is 10.4. The molecule has 132 valence electrons. The molecule has 6 aliphatic carbocycles. The summed E-state index contributed by atoms with van der Waals surface area (Å²) >= 11 is 0. The standard InChI is InChI=1S/C23H29NO/c1-3-23-7-6-14-13-5-4-12(25)8-15(13)16-9-17(16)20(14)21(23)18-10-19(18)22(23,2)11-24/h8,13-14,16-21H,3-7,9-10H2,1-2H3/t13-,14-,16?,17?,18?,19?,20+,21+,22+,23+/m1/s1. The molecule has 0 saturated heterocycles. The summed E-state index contributed by atoms with van der Waals surface area (Å²) in [6.45, 7) is 4.69. The lowest BCUT2D eigenvalue weighted by Crippen LogP contribution is -2.52. The Morgan fingerprint density at radius 2 is 2.04 bits per heavy atom. The van der Waals surface area contributed by atoms with Crippen LogP contribution in [0.3, 0.4) is 0 Å². The Morgan fingerprint density at radius 3 is 2.80 bits per heavy atom. The average Bonchev–Trinajstić information content (AvgIpc) is 3.52. The molecule has 6 aliphatic rings. The van der Waals surface area contributed by atoms with Crippen LogP contribution in [-0.2, 0) is 4.79 Å². The third kappa shape index (κ3) is 1.53. The molecule has 10 atom stereocenters. The summed E-state index contributed by atoms with van der Waals surface area (Å²) < 4.78 is 0. The summed E-state index contributed by atoms with van der Waals surface area (Å²) in [7, 11) is 0. The fraction of sp³-hybridized carbons (Fsp3) is 0.826. The van der Waals surface area contributed by atoms with E-state index in [4.69, 9.17) is 0 Å². The predicted molar refractivity (Wildman–Crippen MR) is 95.2 cm³/mol. The molecule has 25 heavy (non-hydrogen) atoms. The van der Waals surface area contributed by atoms with Gasteiger partial charge in [0.25, 0.3) is 0 Å². The van der Waals surface area contributed by atoms with Crippen molar-refractivity contribution in [1.29, 1.82) is 5.26 Å². The maximum atomic E-state index is 12.0. The van der Waals surface area contributed by atoms with Crippen molar-refractivity contribution < 1.29 is 4.79 Å². The Balaban J connectivity index is 1.45. The van der Waals surface area contributed by atoms with E-state index in [2.05, 4.69) is 26.0 Å². The number of hydrogen-bond acceptors (Lipinski definition) is 2. The van der Waals surface area contributed by atoms with Crippen LogP contribution in [0.2, 0.25) is 0 Å². The summed E-state index contributed by atoms with van der Waals surface area (Å²) in [5, 5.41) is 10.1. The molecular weight excluding hydrogens is 306 g/mol. The van der Waals surface area contributed by atoms with Crippen molar-refractivity contribution in [2.24, 2.45) is 58.2 Å². The van der Waals surface area contributed by atoms with Crippen LogP contribution in [0.25, 0.3) is 0 Å². The first kappa shape index (κ1) is 15.0. The van der Waals surface area contributed by atoms with Crippen LogP contribution in [0.4, 0.5) is 0 Å². The average molecular weight is 335 g/mol. The van der Waals surface area contributed by atoms with Crippen LogP contribution in [-0.4, -0.2) is 5.78 Å². The molecule has 0 N–H and O–H groups in total. The van der Waals surface area contributed by atoms with Gasteiger partial charge in [-0.25, -0.2) is 0 Å². The number of nitrogens with zero attached hydrogens (tertiary/aromatic N) is 1. The molecule has 0 bridgehead atoms. The molecule has 0 aromatic heterocycles. The largest absolute Gasteiger partial charge is 0.295 e. The maximum absolute atomic E-state index is 12.0. The zero-order chi connectivity index (χ0) is 17.1. The van der Waals surface area contributed by atoms with Gasteiger partial charge in [0.1, 0.15) is 0 Å². The SMILES string of the molecule is CC[C@]12CC[C@H]3[C@@H](C4CC4C4=CC(=O)CC[C@@H]43)[C@@H]1C1CC1[C@]2(C)C#N. The lowest BCUT2D eigenvalue weighted by molar-refractivity contribution is -0.116. The van der Waals surface area contributed by atoms with Crippen LogP contribution in [0.15, 0.2) is 11.6 Å². The Morgan fingerprint density at radius 1 is 1.20 bits per heavy atom. The van der Waals surface area contributed by atoms with Gasteiger partial charge in [-0.3, -0.25) is 4.79 Å². The Labute approximate surface area is 151 Å². The summed E-state index contributed by atoms with van der Waals surface area (Å²) in [4.78, 5) is 12.0. The fourth-order valence-electron chi connectivity index (χ4n) is 9.09. The highest BCUT2D eigenvalue weighted by molar-refractivity contribution is 5.91. The molecule has 2 nitrogen and oxygen atoms in total. The highest BCUT2D eigenvalue weighted by atomic mass is 16.1. The van der Waals surface area contributed by atoms with Gasteiger partial charge in [0.15, 0.2) is 5.78 Å². The van der Waals surface area contributed by atoms with E-state index in [0.29, 0.717) is 17.6 Å². The number of nitriles is 1. The lowest BCUT2D eigenvalue weighted by atomic mass is 9.46. The van der Waals surface area contributed by atoms with Gasteiger partial charge >= 0.3 is 0 Å². The molecule has 0 aliphatic heterocycles. The molecule has 0 aromatic rings. The van der Waals surface area contributed by atoms with Crippen molar-refractivity contribution in [1.82, 2.24) is 0 Å². The molecule has 5 saturated carbocycles. The molecule has 0 spiro atoms. The number of hydrogen-bond donors (Lipinski definition) is 0. The van der Waals surface area contributed by atoms with E-state index in [-0.39, 0.29) is 10.8 Å². The first-order chi connectivity index (χ1) is 12.1. The quantitative estimate of drug-likeness (QED) is 0.693. The van der Waals surface area contributed by atoms with Crippen LogP contribution < -0.4 is 0 Å². The van der Waals surface area contributed by atoms with Gasteiger partial charge in [-0.1, -0.05) is 12.5 Å². The minimum absolute atomic E-state index is 0.0783. The molecule has 0 heterocycles. The molecule has 5 fully saturated rings. The minimum Gasteiger partial charge on any atom is -0.295 e. The van der Waals surface area contributed by atoms with E-state index in [1.54, 1.807) is 5.57 Å². The molecular formula is C23H29NO. The van der Waals surface area contributed by atoms with Crippen molar-refractivity contribution in [2.45, 2.75) is 58.8 Å². The van der Waals surface area contributed by atoms with Gasteiger partial charge in [0, 0.05) is 6.42 Å². The molecule has 0 radical (unpaired) electrons. The molecule has 0 aromatic carbocycles. The second-order valence-electron chi connectivity index (χ2n) is 10.4. The van der Waals surface area contributed by atoms with Crippen LogP contribution in [0, 0.1) is 69.5 Å². The second-order valence-corrected chi connectivity index (χ2v) is 10.4. The van der Waals surface area contributed by atoms with Crippen molar-refractivity contribution >= 4 is 5.78 Å². The third-order valence-electron chi connectivity index (χ3n) is 10.1. The highest BCUT2D eigenvalue weighted by Crippen LogP contribution is 2.82. The monoisotopic (exact) mass is 335 g/mol. The zero-order valence-electron chi connectivity index (χ0n) is 15.5. The van der Waals surface area contributed by atoms with E-state index in [9.17, 15) is 10.1 Å².